The molecule has 0 radical (unpaired) electrons. The summed E-state index contributed by atoms with van der Waals surface area (Å²) in [6, 6.07) is 11.2. The van der Waals surface area contributed by atoms with E-state index in [4.69, 9.17) is 4.74 Å². The summed E-state index contributed by atoms with van der Waals surface area (Å²) in [6.45, 7) is 0.108. The largest absolute Gasteiger partial charge is 0.503 e. The molecule has 11 heteroatoms. The van der Waals surface area contributed by atoms with E-state index in [1.807, 2.05) is 6.08 Å². The Hall–Kier alpha value is -3.70. The first-order valence-electron chi connectivity index (χ1n) is 11.7. The average molecular weight is 641 g/mol. The van der Waals surface area contributed by atoms with Crippen LogP contribution < -0.4 is 16.1 Å². The van der Waals surface area contributed by atoms with Crippen LogP contribution in [-0.4, -0.2) is 37.7 Å². The van der Waals surface area contributed by atoms with Crippen LogP contribution in [0, 0.1) is 0 Å². The first kappa shape index (κ1) is 24.6. The van der Waals surface area contributed by atoms with Crippen LogP contribution in [0.3, 0.4) is 0 Å². The molecule has 2 aromatic carbocycles. The Morgan fingerprint density at radius 1 is 1.03 bits per heavy atom. The molecule has 6 rings (SSSR count). The van der Waals surface area contributed by atoms with Crippen molar-refractivity contribution in [2.24, 2.45) is 0 Å². The van der Waals surface area contributed by atoms with E-state index < -0.39 is 23.3 Å². The van der Waals surface area contributed by atoms with Crippen LogP contribution in [-0.2, 0) is 16.1 Å². The first-order chi connectivity index (χ1) is 18.2. The summed E-state index contributed by atoms with van der Waals surface area (Å²) < 4.78 is 9.69. The van der Waals surface area contributed by atoms with E-state index in [2.05, 4.69) is 31.9 Å². The second-order valence-electron chi connectivity index (χ2n) is 9.15. The number of phenolic OH excluding ortho intramolecular Hbond substituents is 1. The third kappa shape index (κ3) is 3.48. The molecule has 2 atom stereocenters. The van der Waals surface area contributed by atoms with Gasteiger partial charge in [0.25, 0.3) is 0 Å². The zero-order valence-corrected chi connectivity index (χ0v) is 23.0. The quantitative estimate of drug-likeness (QED) is 0.345. The van der Waals surface area contributed by atoms with Gasteiger partial charge in [-0.1, -0.05) is 24.3 Å². The van der Waals surface area contributed by atoms with Gasteiger partial charge in [0.2, 0.25) is 0 Å². The van der Waals surface area contributed by atoms with Gasteiger partial charge in [-0.05, 0) is 67.3 Å². The maximum atomic E-state index is 13.7. The van der Waals surface area contributed by atoms with E-state index in [0.717, 1.165) is 4.57 Å². The van der Waals surface area contributed by atoms with Crippen LogP contribution in [0.1, 0.15) is 23.9 Å². The third-order valence-corrected chi connectivity index (χ3v) is 8.41. The van der Waals surface area contributed by atoms with Crippen molar-refractivity contribution >= 4 is 43.4 Å². The molecule has 3 aliphatic rings. The summed E-state index contributed by atoms with van der Waals surface area (Å²) in [7, 11) is 1.42. The Labute approximate surface area is 232 Å². The van der Waals surface area contributed by atoms with Crippen LogP contribution in [0.4, 0.5) is 0 Å². The molecule has 1 N–H and O–H groups in total. The lowest BCUT2D eigenvalue weighted by molar-refractivity contribution is -0.115. The number of allylic oxidation sites excluding steroid dienone is 6. The first-order valence-corrected chi connectivity index (χ1v) is 13.3. The van der Waals surface area contributed by atoms with E-state index in [0.29, 0.717) is 26.9 Å². The van der Waals surface area contributed by atoms with Crippen molar-refractivity contribution in [1.82, 2.24) is 13.9 Å². The molecule has 0 bridgehead atoms. The Kier molecular flexibility index (Phi) is 5.80. The molecule has 1 aromatic heterocycles. The number of nitrogens with zero attached hydrogens (tertiary/aromatic N) is 3. The van der Waals surface area contributed by atoms with Gasteiger partial charge in [0.15, 0.2) is 23.1 Å². The molecule has 2 aliphatic carbocycles. The Morgan fingerprint density at radius 2 is 1.76 bits per heavy atom. The van der Waals surface area contributed by atoms with Crippen LogP contribution >= 0.6 is 31.9 Å². The van der Waals surface area contributed by atoms with Gasteiger partial charge in [0, 0.05) is 29.6 Å². The number of ether oxygens (including phenoxy) is 1. The number of methoxy groups -OCH3 is 1. The van der Waals surface area contributed by atoms with Crippen molar-refractivity contribution in [3.05, 3.63) is 107 Å². The Bertz CT molecular complexity index is 1770. The highest BCUT2D eigenvalue weighted by molar-refractivity contribution is 9.12. The highest BCUT2D eigenvalue weighted by Crippen LogP contribution is 2.51. The van der Waals surface area contributed by atoms with Gasteiger partial charge in [-0.25, -0.2) is 23.5 Å². The maximum absolute atomic E-state index is 13.7. The summed E-state index contributed by atoms with van der Waals surface area (Å²) >= 11 is 6.56. The van der Waals surface area contributed by atoms with E-state index >= 15 is 0 Å². The van der Waals surface area contributed by atoms with Gasteiger partial charge in [-0.3, -0.25) is 9.59 Å². The van der Waals surface area contributed by atoms with Gasteiger partial charge in [-0.2, -0.15) is 0 Å². The fraction of sp³-hybridized carbons (Fsp3) is 0.185. The number of ketones is 2. The maximum Gasteiger partial charge on any atom is 0.352 e. The molecule has 38 heavy (non-hydrogen) atoms. The zero-order chi connectivity index (χ0) is 26.9. The lowest BCUT2D eigenvalue weighted by Crippen LogP contribution is -2.40. The molecule has 3 aromatic rings. The SMILES string of the molecule is COc1cc(C2C3=CCn4c(=O)n(-c5ccccc5)c(=O)n4C3CC3=C2C(=O)C=C(Br)C3=O)cc(Br)c1O. The number of benzene rings is 2. The van der Waals surface area contributed by atoms with Gasteiger partial charge in [0.1, 0.15) is 0 Å². The smallest absolute Gasteiger partial charge is 0.352 e. The summed E-state index contributed by atoms with van der Waals surface area (Å²) in [5, 5.41) is 10.4. The molecular formula is C27H19Br2N3O6. The minimum absolute atomic E-state index is 0.0692. The van der Waals surface area contributed by atoms with Crippen molar-refractivity contribution in [1.29, 1.82) is 0 Å². The lowest BCUT2D eigenvalue weighted by atomic mass is 9.69. The van der Waals surface area contributed by atoms with E-state index in [-0.39, 0.29) is 46.1 Å². The second-order valence-corrected chi connectivity index (χ2v) is 10.9. The molecular weight excluding hydrogens is 622 g/mol. The number of para-hydroxylation sites is 1. The van der Waals surface area contributed by atoms with E-state index in [1.165, 1.54) is 22.5 Å². The number of carbonyl (C=O) groups excluding carboxylic acids is 2. The monoisotopic (exact) mass is 639 g/mol. The van der Waals surface area contributed by atoms with Crippen LogP contribution in [0.2, 0.25) is 0 Å². The number of aromatic hydroxyl groups is 1. The molecule has 2 unspecified atom stereocenters. The molecule has 1 aliphatic heterocycles. The predicted molar refractivity (Wildman–Crippen MR) is 145 cm³/mol. The fourth-order valence-electron chi connectivity index (χ4n) is 5.57. The van der Waals surface area contributed by atoms with Gasteiger partial charge < -0.3 is 9.84 Å². The Morgan fingerprint density at radius 3 is 2.47 bits per heavy atom. The number of fused-ring (bicyclic) bond motifs is 3. The molecule has 0 spiro atoms. The lowest BCUT2D eigenvalue weighted by Gasteiger charge is -2.39. The topological polar surface area (TPSA) is 113 Å². The molecule has 2 heterocycles. The van der Waals surface area contributed by atoms with E-state index in [1.54, 1.807) is 42.5 Å². The van der Waals surface area contributed by atoms with Gasteiger partial charge in [0.05, 0.1) is 34.3 Å². The van der Waals surface area contributed by atoms with Crippen molar-refractivity contribution in [2.45, 2.75) is 24.9 Å². The van der Waals surface area contributed by atoms with E-state index in [9.17, 15) is 24.3 Å². The van der Waals surface area contributed by atoms with Gasteiger partial charge >= 0.3 is 11.4 Å². The molecule has 0 fully saturated rings. The third-order valence-electron chi connectivity index (χ3n) is 7.22. The van der Waals surface area contributed by atoms with Crippen molar-refractivity contribution in [3.8, 4) is 17.2 Å². The van der Waals surface area contributed by atoms with Crippen LogP contribution in [0.5, 0.6) is 11.5 Å². The van der Waals surface area contributed by atoms with Crippen molar-refractivity contribution in [3.63, 3.8) is 0 Å². The number of carbonyl (C=O) groups is 2. The summed E-state index contributed by atoms with van der Waals surface area (Å²) in [4.78, 5) is 53.7. The summed E-state index contributed by atoms with van der Waals surface area (Å²) in [5.74, 6) is -1.29. The predicted octanol–water partition coefficient (Wildman–Crippen LogP) is 3.67. The normalized spacial score (nSPS) is 20.4. The standard InChI is InChI=1S/C27H19Br2N3O6/c1-38-21-10-13(9-17(28)25(21)35)22-15-7-8-30-26(36)31(14-5-3-2-4-6-14)27(37)32(30)19(15)11-16-23(22)20(33)12-18(29)24(16)34/h2-7,9-10,12,19,22,35H,8,11H2,1H3. The minimum atomic E-state index is -0.710. The molecule has 9 nitrogen and oxygen atoms in total. The Balaban J connectivity index is 1.61. The highest BCUT2D eigenvalue weighted by atomic mass is 79.9. The second kappa shape index (κ2) is 8.95. The van der Waals surface area contributed by atoms with Crippen molar-refractivity contribution < 1.29 is 19.4 Å². The molecule has 0 saturated heterocycles. The molecule has 192 valence electrons. The van der Waals surface area contributed by atoms with Crippen LogP contribution in [0.25, 0.3) is 5.69 Å². The number of phenols is 1. The number of Topliss-reactive ketones (excluding diaryl/α,β-unsaturated/α-hetero) is 1. The van der Waals surface area contributed by atoms with Crippen molar-refractivity contribution in [2.75, 3.05) is 7.11 Å². The zero-order valence-electron chi connectivity index (χ0n) is 19.9. The average Bonchev–Trinajstić information content (AvgIpc) is 3.17. The highest BCUT2D eigenvalue weighted by Gasteiger charge is 2.45. The number of halogens is 2. The summed E-state index contributed by atoms with van der Waals surface area (Å²) in [5.41, 5.74) is 1.30. The fourth-order valence-corrected chi connectivity index (χ4v) is 6.48. The summed E-state index contributed by atoms with van der Waals surface area (Å²) in [6.07, 6.45) is 3.17. The number of aromatic nitrogens is 3. The minimum Gasteiger partial charge on any atom is -0.503 e. The number of hydrogen-bond acceptors (Lipinski definition) is 6. The van der Waals surface area contributed by atoms with Crippen LogP contribution in [0.15, 0.2) is 89.9 Å². The number of rotatable bonds is 3. The molecule has 0 amide bonds. The molecule has 0 saturated carbocycles. The van der Waals surface area contributed by atoms with Gasteiger partial charge in [-0.15, -0.1) is 0 Å². The number of hydrogen-bond donors (Lipinski definition) is 1.